The smallest absolute Gasteiger partial charge is 0.416 e. The average Bonchev–Trinajstić information content (AvgIpc) is 2.60. The number of aromatic nitrogens is 2. The second-order valence-electron chi connectivity index (χ2n) is 7.15. The fraction of sp³-hybridized carbons (Fsp3) is 0.368. The van der Waals surface area contributed by atoms with Crippen LogP contribution in [0.25, 0.3) is 0 Å². The number of hydrogen-bond donors (Lipinski definition) is 1. The first kappa shape index (κ1) is 22.5. The zero-order chi connectivity index (χ0) is 21.8. The molecule has 0 radical (unpaired) electrons. The van der Waals surface area contributed by atoms with E-state index in [1.54, 1.807) is 20.8 Å². The average molecular weight is 428 g/mol. The van der Waals surface area contributed by atoms with E-state index in [0.29, 0.717) is 4.90 Å². The zero-order valence-electron chi connectivity index (χ0n) is 16.0. The van der Waals surface area contributed by atoms with E-state index < -0.39 is 42.2 Å². The van der Waals surface area contributed by atoms with Crippen LogP contribution in [0.2, 0.25) is 5.02 Å². The van der Waals surface area contributed by atoms with Crippen molar-refractivity contribution in [2.75, 3.05) is 11.4 Å². The number of anilines is 1. The SMILES string of the molecule is CC(C)(C)OC(=O)N(CC(F)(F)c1ccccn1)c1ccc(Cl)c(CC(=O)O)n1. The van der Waals surface area contributed by atoms with Gasteiger partial charge < -0.3 is 9.84 Å². The van der Waals surface area contributed by atoms with Gasteiger partial charge in [0.05, 0.1) is 17.1 Å². The summed E-state index contributed by atoms with van der Waals surface area (Å²) < 4.78 is 34.9. The summed E-state index contributed by atoms with van der Waals surface area (Å²) in [6.07, 6.45) is -0.387. The number of aliphatic carboxylic acids is 1. The van der Waals surface area contributed by atoms with Gasteiger partial charge >= 0.3 is 18.0 Å². The minimum atomic E-state index is -3.52. The summed E-state index contributed by atoms with van der Waals surface area (Å²) in [5.74, 6) is -4.94. The molecule has 0 atom stereocenters. The highest BCUT2D eigenvalue weighted by Crippen LogP contribution is 2.31. The lowest BCUT2D eigenvalue weighted by Gasteiger charge is -2.29. The molecule has 0 saturated carbocycles. The van der Waals surface area contributed by atoms with E-state index in [-0.39, 0.29) is 16.5 Å². The molecule has 0 saturated heterocycles. The van der Waals surface area contributed by atoms with E-state index in [2.05, 4.69) is 9.97 Å². The lowest BCUT2D eigenvalue weighted by Crippen LogP contribution is -2.43. The number of carboxylic acid groups (broad SMARTS) is 1. The molecule has 0 unspecified atom stereocenters. The number of pyridine rings is 2. The minimum Gasteiger partial charge on any atom is -0.481 e. The third-order valence-corrected chi connectivity index (χ3v) is 3.85. The second-order valence-corrected chi connectivity index (χ2v) is 7.56. The molecule has 0 bridgehead atoms. The van der Waals surface area contributed by atoms with Crippen molar-refractivity contribution in [2.24, 2.45) is 0 Å². The molecule has 1 amide bonds. The number of carbonyl (C=O) groups is 2. The molecule has 2 aromatic heterocycles. The van der Waals surface area contributed by atoms with Gasteiger partial charge in [0.2, 0.25) is 0 Å². The third-order valence-electron chi connectivity index (χ3n) is 3.51. The molecule has 2 rings (SSSR count). The quantitative estimate of drug-likeness (QED) is 0.739. The summed E-state index contributed by atoms with van der Waals surface area (Å²) in [4.78, 5) is 31.9. The minimum absolute atomic E-state index is 0.0387. The van der Waals surface area contributed by atoms with Gasteiger partial charge in [-0.2, -0.15) is 8.78 Å². The number of carbonyl (C=O) groups excluding carboxylic acids is 1. The van der Waals surface area contributed by atoms with Crippen molar-refractivity contribution in [1.82, 2.24) is 9.97 Å². The van der Waals surface area contributed by atoms with Gasteiger partial charge in [-0.15, -0.1) is 0 Å². The molecule has 0 aliphatic heterocycles. The van der Waals surface area contributed by atoms with Crippen molar-refractivity contribution in [3.63, 3.8) is 0 Å². The van der Waals surface area contributed by atoms with Crippen LogP contribution in [0.1, 0.15) is 32.2 Å². The Hall–Kier alpha value is -2.81. The highest BCUT2D eigenvalue weighted by atomic mass is 35.5. The largest absolute Gasteiger partial charge is 0.481 e. The molecule has 0 aliphatic rings. The molecular formula is C19H20ClF2N3O4. The van der Waals surface area contributed by atoms with Gasteiger partial charge in [-0.05, 0) is 45.0 Å². The Kier molecular flexibility index (Phi) is 6.73. The number of carboxylic acids is 1. The Morgan fingerprint density at radius 1 is 1.21 bits per heavy atom. The molecule has 2 aromatic rings. The maximum atomic E-state index is 14.8. The summed E-state index contributed by atoms with van der Waals surface area (Å²) in [6, 6.07) is 6.56. The number of rotatable bonds is 6. The van der Waals surface area contributed by atoms with E-state index in [1.807, 2.05) is 0 Å². The number of hydrogen-bond acceptors (Lipinski definition) is 5. The molecule has 1 N–H and O–H groups in total. The Balaban J connectivity index is 2.45. The van der Waals surface area contributed by atoms with E-state index in [0.717, 1.165) is 6.07 Å². The van der Waals surface area contributed by atoms with Crippen molar-refractivity contribution >= 4 is 29.5 Å². The molecule has 156 valence electrons. The molecule has 0 fully saturated rings. The van der Waals surface area contributed by atoms with E-state index in [9.17, 15) is 18.4 Å². The lowest BCUT2D eigenvalue weighted by molar-refractivity contribution is -0.136. The topological polar surface area (TPSA) is 92.6 Å². The van der Waals surface area contributed by atoms with Crippen LogP contribution in [0.3, 0.4) is 0 Å². The number of nitrogens with zero attached hydrogens (tertiary/aromatic N) is 3. The van der Waals surface area contributed by atoms with Crippen LogP contribution < -0.4 is 4.90 Å². The number of halogens is 3. The van der Waals surface area contributed by atoms with E-state index in [4.69, 9.17) is 21.4 Å². The first-order chi connectivity index (χ1) is 13.4. The molecule has 0 spiro atoms. The normalized spacial score (nSPS) is 11.8. The second kappa shape index (κ2) is 8.69. The van der Waals surface area contributed by atoms with Gasteiger partial charge in [0.1, 0.15) is 23.7 Å². The molecular weight excluding hydrogens is 408 g/mol. The number of ether oxygens (including phenoxy) is 1. The monoisotopic (exact) mass is 427 g/mol. The van der Waals surface area contributed by atoms with Crippen molar-refractivity contribution < 1.29 is 28.2 Å². The van der Waals surface area contributed by atoms with Crippen LogP contribution in [0.4, 0.5) is 19.4 Å². The Labute approximate surface area is 171 Å². The number of alkyl halides is 2. The van der Waals surface area contributed by atoms with Gasteiger partial charge in [-0.25, -0.2) is 9.78 Å². The highest BCUT2D eigenvalue weighted by molar-refractivity contribution is 6.31. The van der Waals surface area contributed by atoms with Crippen LogP contribution in [0.15, 0.2) is 36.5 Å². The zero-order valence-corrected chi connectivity index (χ0v) is 16.8. The molecule has 0 aliphatic carbocycles. The summed E-state index contributed by atoms with van der Waals surface area (Å²) in [5.41, 5.74) is -1.55. The van der Waals surface area contributed by atoms with Crippen molar-refractivity contribution in [1.29, 1.82) is 0 Å². The maximum absolute atomic E-state index is 14.8. The standard InChI is InChI=1S/C19H20ClF2N3O4/c1-18(2,3)29-17(28)25(11-19(21,22)14-6-4-5-9-23-14)15-8-7-12(20)13(24-15)10-16(26)27/h4-9H,10-11H2,1-3H3,(H,26,27). The summed E-state index contributed by atoms with van der Waals surface area (Å²) >= 11 is 5.94. The molecule has 29 heavy (non-hydrogen) atoms. The van der Waals surface area contributed by atoms with Crippen molar-refractivity contribution in [2.45, 2.75) is 38.7 Å². The van der Waals surface area contributed by atoms with Crippen molar-refractivity contribution in [3.05, 3.63) is 52.9 Å². The van der Waals surface area contributed by atoms with Crippen molar-refractivity contribution in [3.8, 4) is 0 Å². The van der Waals surface area contributed by atoms with Gasteiger partial charge in [-0.1, -0.05) is 17.7 Å². The molecule has 7 nitrogen and oxygen atoms in total. The molecule has 0 aromatic carbocycles. The molecule has 10 heteroatoms. The van der Waals surface area contributed by atoms with Crippen LogP contribution in [-0.2, 0) is 21.9 Å². The number of amides is 1. The van der Waals surface area contributed by atoms with Gasteiger partial charge in [0, 0.05) is 6.20 Å². The van der Waals surface area contributed by atoms with Crippen LogP contribution >= 0.6 is 11.6 Å². The predicted octanol–water partition coefficient (Wildman–Crippen LogP) is 4.29. The Morgan fingerprint density at radius 3 is 2.45 bits per heavy atom. The summed E-state index contributed by atoms with van der Waals surface area (Å²) in [7, 11) is 0. The van der Waals surface area contributed by atoms with Crippen LogP contribution in [-0.4, -0.2) is 39.3 Å². The Bertz CT molecular complexity index is 889. The summed E-state index contributed by atoms with van der Waals surface area (Å²) in [5, 5.41) is 9.02. The lowest BCUT2D eigenvalue weighted by atomic mass is 10.2. The highest BCUT2D eigenvalue weighted by Gasteiger charge is 2.39. The summed E-state index contributed by atoms with van der Waals surface area (Å²) in [6.45, 7) is 3.65. The maximum Gasteiger partial charge on any atom is 0.416 e. The first-order valence-electron chi connectivity index (χ1n) is 8.56. The third kappa shape index (κ3) is 6.35. The fourth-order valence-corrected chi connectivity index (χ4v) is 2.48. The molecule has 2 heterocycles. The van der Waals surface area contributed by atoms with Gasteiger partial charge in [0.15, 0.2) is 0 Å². The van der Waals surface area contributed by atoms with Gasteiger partial charge in [-0.3, -0.25) is 14.7 Å². The Morgan fingerprint density at radius 2 is 1.90 bits per heavy atom. The van der Waals surface area contributed by atoms with Crippen LogP contribution in [0.5, 0.6) is 0 Å². The van der Waals surface area contributed by atoms with E-state index >= 15 is 0 Å². The van der Waals surface area contributed by atoms with Gasteiger partial charge in [0.25, 0.3) is 0 Å². The van der Waals surface area contributed by atoms with E-state index in [1.165, 1.54) is 30.5 Å². The first-order valence-corrected chi connectivity index (χ1v) is 8.94. The van der Waals surface area contributed by atoms with Crippen LogP contribution in [0, 0.1) is 0 Å². The predicted molar refractivity (Wildman–Crippen MR) is 102 cm³/mol. The fourth-order valence-electron chi connectivity index (χ4n) is 2.31.